The molecule has 0 aliphatic carbocycles. The highest BCUT2D eigenvalue weighted by Crippen LogP contribution is 2.14. The number of aromatic hydroxyl groups is 1. The van der Waals surface area contributed by atoms with Gasteiger partial charge in [-0.15, -0.1) is 0 Å². The highest BCUT2D eigenvalue weighted by atomic mass is 16.4. The second-order valence-electron chi connectivity index (χ2n) is 10.7. The summed E-state index contributed by atoms with van der Waals surface area (Å²) in [7, 11) is 0. The van der Waals surface area contributed by atoms with E-state index in [0.717, 1.165) is 11.1 Å². The van der Waals surface area contributed by atoms with Crippen molar-refractivity contribution < 1.29 is 29.4 Å². The molecule has 0 heterocycles. The molecular formula is C33H40N4O6. The van der Waals surface area contributed by atoms with Gasteiger partial charge in [-0.2, -0.15) is 0 Å². The Morgan fingerprint density at radius 1 is 0.674 bits per heavy atom. The summed E-state index contributed by atoms with van der Waals surface area (Å²) in [4.78, 5) is 52.2. The number of aliphatic carboxylic acids is 1. The zero-order valence-electron chi connectivity index (χ0n) is 24.4. The van der Waals surface area contributed by atoms with E-state index in [1.54, 1.807) is 43.3 Å². The van der Waals surface area contributed by atoms with E-state index in [9.17, 15) is 29.4 Å². The van der Waals surface area contributed by atoms with E-state index in [-0.39, 0.29) is 30.9 Å². The van der Waals surface area contributed by atoms with E-state index in [1.165, 1.54) is 12.1 Å². The number of carboxylic acid groups (broad SMARTS) is 1. The smallest absolute Gasteiger partial charge is 0.326 e. The van der Waals surface area contributed by atoms with Crippen molar-refractivity contribution in [2.75, 3.05) is 0 Å². The first kappa shape index (κ1) is 32.8. The maximum Gasteiger partial charge on any atom is 0.326 e. The van der Waals surface area contributed by atoms with Crippen molar-refractivity contribution in [3.63, 3.8) is 0 Å². The van der Waals surface area contributed by atoms with E-state index < -0.39 is 47.9 Å². The summed E-state index contributed by atoms with van der Waals surface area (Å²) < 4.78 is 0. The van der Waals surface area contributed by atoms with Gasteiger partial charge in [-0.05, 0) is 41.2 Å². The summed E-state index contributed by atoms with van der Waals surface area (Å²) >= 11 is 0. The van der Waals surface area contributed by atoms with Gasteiger partial charge in [0, 0.05) is 12.8 Å². The Labute approximate surface area is 251 Å². The summed E-state index contributed by atoms with van der Waals surface area (Å²) in [5.41, 5.74) is 8.44. The lowest BCUT2D eigenvalue weighted by Crippen LogP contribution is -2.59. The SMILES string of the molecule is CCC(C)C(NC(=O)C(Cc1ccc(O)cc1)NC(=O)C(N)Cc1ccccc1)C(=O)NC(Cc1ccccc1)C(=O)O. The van der Waals surface area contributed by atoms with Gasteiger partial charge >= 0.3 is 5.97 Å². The van der Waals surface area contributed by atoms with Crippen LogP contribution in [0.15, 0.2) is 84.9 Å². The molecular weight excluding hydrogens is 548 g/mol. The quantitative estimate of drug-likeness (QED) is 0.158. The number of phenols is 1. The monoisotopic (exact) mass is 588 g/mol. The van der Waals surface area contributed by atoms with Crippen molar-refractivity contribution >= 4 is 23.7 Å². The van der Waals surface area contributed by atoms with Crippen LogP contribution >= 0.6 is 0 Å². The number of rotatable bonds is 15. The van der Waals surface area contributed by atoms with Gasteiger partial charge in [0.05, 0.1) is 6.04 Å². The average Bonchev–Trinajstić information content (AvgIpc) is 3.00. The lowest BCUT2D eigenvalue weighted by molar-refractivity contribution is -0.142. The third-order valence-electron chi connectivity index (χ3n) is 7.33. The number of carbonyl (C=O) groups is 4. The average molecular weight is 589 g/mol. The van der Waals surface area contributed by atoms with Gasteiger partial charge in [0.15, 0.2) is 0 Å². The molecule has 0 saturated carbocycles. The number of nitrogens with two attached hydrogens (primary N) is 1. The molecule has 3 aromatic rings. The fraction of sp³-hybridized carbons (Fsp3) is 0.333. The third-order valence-corrected chi connectivity index (χ3v) is 7.33. The Balaban J connectivity index is 1.78. The van der Waals surface area contributed by atoms with Gasteiger partial charge in [-0.25, -0.2) is 4.79 Å². The number of nitrogens with one attached hydrogen (secondary N) is 3. The third kappa shape index (κ3) is 10.3. The molecule has 3 aromatic carbocycles. The molecule has 0 fully saturated rings. The second-order valence-corrected chi connectivity index (χ2v) is 10.7. The summed E-state index contributed by atoms with van der Waals surface area (Å²) in [6, 6.07) is 20.1. The van der Waals surface area contributed by atoms with Crippen LogP contribution in [-0.2, 0) is 38.4 Å². The highest BCUT2D eigenvalue weighted by molar-refractivity contribution is 5.94. The molecule has 3 rings (SSSR count). The maximum absolute atomic E-state index is 13.7. The van der Waals surface area contributed by atoms with Crippen LogP contribution in [0, 0.1) is 5.92 Å². The summed E-state index contributed by atoms with van der Waals surface area (Å²) in [5.74, 6) is -3.29. The van der Waals surface area contributed by atoms with Gasteiger partial charge < -0.3 is 31.9 Å². The zero-order chi connectivity index (χ0) is 31.4. The fourth-order valence-corrected chi connectivity index (χ4v) is 4.58. The molecule has 228 valence electrons. The van der Waals surface area contributed by atoms with Crippen molar-refractivity contribution in [2.24, 2.45) is 11.7 Å². The van der Waals surface area contributed by atoms with Gasteiger partial charge in [0.1, 0.15) is 23.9 Å². The van der Waals surface area contributed by atoms with Crippen LogP contribution < -0.4 is 21.7 Å². The van der Waals surface area contributed by atoms with Gasteiger partial charge in [0.2, 0.25) is 17.7 Å². The van der Waals surface area contributed by atoms with E-state index in [4.69, 9.17) is 5.73 Å². The lowest BCUT2D eigenvalue weighted by Gasteiger charge is -2.28. The molecule has 7 N–H and O–H groups in total. The normalized spacial score (nSPS) is 14.4. The van der Waals surface area contributed by atoms with E-state index >= 15 is 0 Å². The first-order valence-electron chi connectivity index (χ1n) is 14.3. The number of hydrogen-bond donors (Lipinski definition) is 6. The summed E-state index contributed by atoms with van der Waals surface area (Å²) in [6.45, 7) is 3.63. The minimum atomic E-state index is -1.21. The number of carboxylic acids is 1. The molecule has 0 aliphatic rings. The Morgan fingerprint density at radius 3 is 1.70 bits per heavy atom. The van der Waals surface area contributed by atoms with Gasteiger partial charge in [-0.1, -0.05) is 93.1 Å². The molecule has 5 atom stereocenters. The molecule has 0 radical (unpaired) electrons. The molecule has 0 aromatic heterocycles. The maximum atomic E-state index is 13.7. The number of hydrogen-bond acceptors (Lipinski definition) is 6. The van der Waals surface area contributed by atoms with Crippen molar-refractivity contribution in [3.05, 3.63) is 102 Å². The van der Waals surface area contributed by atoms with Crippen molar-refractivity contribution in [1.82, 2.24) is 16.0 Å². The van der Waals surface area contributed by atoms with Crippen LogP contribution in [0.3, 0.4) is 0 Å². The molecule has 10 heteroatoms. The van der Waals surface area contributed by atoms with E-state index in [2.05, 4.69) is 16.0 Å². The first-order valence-corrected chi connectivity index (χ1v) is 14.3. The van der Waals surface area contributed by atoms with E-state index in [0.29, 0.717) is 12.0 Å². The minimum Gasteiger partial charge on any atom is -0.508 e. The van der Waals surface area contributed by atoms with E-state index in [1.807, 2.05) is 43.3 Å². The fourth-order valence-electron chi connectivity index (χ4n) is 4.58. The van der Waals surface area contributed by atoms with Crippen LogP contribution in [0.4, 0.5) is 0 Å². The number of carbonyl (C=O) groups excluding carboxylic acids is 3. The van der Waals surface area contributed by atoms with Crippen LogP contribution in [-0.4, -0.2) is 58.1 Å². The predicted molar refractivity (Wildman–Crippen MR) is 163 cm³/mol. The minimum absolute atomic E-state index is 0.0515. The Hall–Kier alpha value is -4.70. The number of amides is 3. The Bertz CT molecular complexity index is 1350. The molecule has 5 unspecified atom stereocenters. The molecule has 0 spiro atoms. The Kier molecular flexibility index (Phi) is 12.3. The van der Waals surface area contributed by atoms with Crippen LogP contribution in [0.5, 0.6) is 5.75 Å². The van der Waals surface area contributed by atoms with Crippen LogP contribution in [0.2, 0.25) is 0 Å². The molecule has 0 bridgehead atoms. The van der Waals surface area contributed by atoms with Crippen LogP contribution in [0.1, 0.15) is 37.0 Å². The van der Waals surface area contributed by atoms with Gasteiger partial charge in [0.25, 0.3) is 0 Å². The zero-order valence-corrected chi connectivity index (χ0v) is 24.4. The Morgan fingerprint density at radius 2 is 1.16 bits per heavy atom. The predicted octanol–water partition coefficient (Wildman–Crippen LogP) is 2.33. The van der Waals surface area contributed by atoms with Crippen molar-refractivity contribution in [1.29, 1.82) is 0 Å². The molecule has 3 amide bonds. The number of phenolic OH excluding ortho intramolecular Hbond substituents is 1. The van der Waals surface area contributed by atoms with Gasteiger partial charge in [-0.3, -0.25) is 14.4 Å². The lowest BCUT2D eigenvalue weighted by atomic mass is 9.96. The van der Waals surface area contributed by atoms with Crippen molar-refractivity contribution in [2.45, 2.75) is 63.7 Å². The summed E-state index contributed by atoms with van der Waals surface area (Å²) in [5, 5.41) is 27.5. The molecule has 10 nitrogen and oxygen atoms in total. The van der Waals surface area contributed by atoms with Crippen molar-refractivity contribution in [3.8, 4) is 5.75 Å². The first-order chi connectivity index (χ1) is 20.6. The number of benzene rings is 3. The highest BCUT2D eigenvalue weighted by Gasteiger charge is 2.33. The molecule has 0 aliphatic heterocycles. The largest absolute Gasteiger partial charge is 0.508 e. The molecule has 43 heavy (non-hydrogen) atoms. The standard InChI is InChI=1S/C33H40N4O6/c1-3-21(2)29(32(41)36-28(33(42)43)20-23-12-8-5-9-13-23)37-31(40)27(19-24-14-16-25(38)17-15-24)35-30(39)26(34)18-22-10-6-4-7-11-22/h4-17,21,26-29,38H,3,18-20,34H2,1-2H3,(H,35,39)(H,36,41)(H,37,40)(H,42,43). The van der Waals surface area contributed by atoms with Crippen LogP contribution in [0.25, 0.3) is 0 Å². The second kappa shape index (κ2) is 16.1. The topological polar surface area (TPSA) is 171 Å². The summed E-state index contributed by atoms with van der Waals surface area (Å²) in [6.07, 6.45) is 0.917. The molecule has 0 saturated heterocycles.